The monoisotopic (exact) mass is 230 g/mol. The second kappa shape index (κ2) is 6.42. The van der Waals surface area contributed by atoms with E-state index in [0.29, 0.717) is 6.04 Å². The van der Waals surface area contributed by atoms with Crippen molar-refractivity contribution in [1.82, 2.24) is 10.3 Å². The van der Waals surface area contributed by atoms with Gasteiger partial charge in [-0.2, -0.15) is 0 Å². The van der Waals surface area contributed by atoms with E-state index in [1.807, 2.05) is 6.92 Å². The van der Waals surface area contributed by atoms with Crippen LogP contribution in [0.5, 0.6) is 0 Å². The number of hydrogen-bond donors (Lipinski definition) is 1. The van der Waals surface area contributed by atoms with Crippen molar-refractivity contribution < 1.29 is 0 Å². The van der Waals surface area contributed by atoms with Gasteiger partial charge in [-0.3, -0.25) is 4.98 Å². The lowest BCUT2D eigenvalue weighted by molar-refractivity contribution is 0.556. The maximum Gasteiger partial charge on any atom is 0.0426 e. The Bertz CT molecular complexity index is 392. The lowest BCUT2D eigenvalue weighted by Gasteiger charge is -2.19. The molecule has 1 aromatic rings. The number of terminal acetylenes is 1. The highest BCUT2D eigenvalue weighted by molar-refractivity contribution is 5.33. The molecular weight excluding hydrogens is 208 g/mol. The van der Waals surface area contributed by atoms with Crippen LogP contribution in [0.4, 0.5) is 0 Å². The highest BCUT2D eigenvalue weighted by Crippen LogP contribution is 2.20. The molecule has 0 saturated heterocycles. The molecule has 1 unspecified atom stereocenters. The molecule has 0 bridgehead atoms. The largest absolute Gasteiger partial charge is 0.310 e. The molecule has 0 radical (unpaired) electrons. The number of aromatic nitrogens is 1. The van der Waals surface area contributed by atoms with Gasteiger partial charge in [0.05, 0.1) is 0 Å². The lowest BCUT2D eigenvalue weighted by atomic mass is 10.0. The Labute approximate surface area is 105 Å². The van der Waals surface area contributed by atoms with Gasteiger partial charge < -0.3 is 5.32 Å². The summed E-state index contributed by atoms with van der Waals surface area (Å²) in [4.78, 5) is 4.53. The molecule has 1 atom stereocenters. The molecule has 0 saturated carbocycles. The first-order valence-corrected chi connectivity index (χ1v) is 6.18. The topological polar surface area (TPSA) is 24.9 Å². The minimum atomic E-state index is 0.334. The van der Waals surface area contributed by atoms with Crippen LogP contribution in [0.15, 0.2) is 6.07 Å². The third-order valence-corrected chi connectivity index (χ3v) is 2.97. The van der Waals surface area contributed by atoms with Gasteiger partial charge in [-0.1, -0.05) is 0 Å². The van der Waals surface area contributed by atoms with Crippen molar-refractivity contribution in [2.24, 2.45) is 0 Å². The molecular formula is C15H22N2. The molecule has 1 rings (SSSR count). The molecule has 17 heavy (non-hydrogen) atoms. The van der Waals surface area contributed by atoms with Gasteiger partial charge in [0.2, 0.25) is 0 Å². The van der Waals surface area contributed by atoms with Crippen LogP contribution in [0.25, 0.3) is 0 Å². The van der Waals surface area contributed by atoms with Gasteiger partial charge in [0, 0.05) is 23.9 Å². The predicted molar refractivity (Wildman–Crippen MR) is 72.9 cm³/mol. The Morgan fingerprint density at radius 1 is 1.41 bits per heavy atom. The lowest BCUT2D eigenvalue weighted by Crippen LogP contribution is -2.22. The van der Waals surface area contributed by atoms with Gasteiger partial charge in [-0.25, -0.2) is 0 Å². The molecule has 0 aliphatic carbocycles. The second-order valence-corrected chi connectivity index (χ2v) is 4.56. The predicted octanol–water partition coefficient (Wildman–Crippen LogP) is 3.07. The molecule has 0 fully saturated rings. The zero-order valence-electron chi connectivity index (χ0n) is 11.3. The molecule has 0 amide bonds. The van der Waals surface area contributed by atoms with E-state index in [-0.39, 0.29) is 0 Å². The average Bonchev–Trinajstić information content (AvgIpc) is 2.23. The van der Waals surface area contributed by atoms with E-state index in [1.54, 1.807) is 0 Å². The highest BCUT2D eigenvalue weighted by Gasteiger charge is 2.12. The standard InChI is InChI=1S/C15H22N2/c1-6-7-8-9-16-13(4)15-11(2)10-12(3)17-14(15)5/h1,10,13,16H,7-9H2,2-5H3. The number of rotatable bonds is 5. The minimum Gasteiger partial charge on any atom is -0.310 e. The molecule has 0 aromatic carbocycles. The summed E-state index contributed by atoms with van der Waals surface area (Å²) in [5.74, 6) is 2.66. The number of hydrogen-bond acceptors (Lipinski definition) is 2. The Morgan fingerprint density at radius 3 is 2.71 bits per heavy atom. The summed E-state index contributed by atoms with van der Waals surface area (Å²) >= 11 is 0. The van der Waals surface area contributed by atoms with Gasteiger partial charge >= 0.3 is 0 Å². The van der Waals surface area contributed by atoms with Gasteiger partial charge in [0.1, 0.15) is 0 Å². The molecule has 0 aliphatic rings. The number of pyridine rings is 1. The molecule has 1 heterocycles. The van der Waals surface area contributed by atoms with E-state index in [4.69, 9.17) is 6.42 Å². The summed E-state index contributed by atoms with van der Waals surface area (Å²) in [7, 11) is 0. The van der Waals surface area contributed by atoms with Crippen molar-refractivity contribution in [2.75, 3.05) is 6.54 Å². The zero-order chi connectivity index (χ0) is 12.8. The number of aryl methyl sites for hydroxylation is 3. The summed E-state index contributed by atoms with van der Waals surface area (Å²) in [6.45, 7) is 9.40. The fourth-order valence-corrected chi connectivity index (χ4v) is 2.30. The molecule has 0 spiro atoms. The first kappa shape index (κ1) is 13.7. The summed E-state index contributed by atoms with van der Waals surface area (Å²) in [6.07, 6.45) is 7.10. The van der Waals surface area contributed by atoms with Crippen LogP contribution in [-0.2, 0) is 0 Å². The van der Waals surface area contributed by atoms with Crippen LogP contribution in [0.2, 0.25) is 0 Å². The quantitative estimate of drug-likeness (QED) is 0.621. The van der Waals surface area contributed by atoms with Gasteiger partial charge in [-0.15, -0.1) is 12.3 Å². The maximum absolute atomic E-state index is 5.23. The van der Waals surface area contributed by atoms with Gasteiger partial charge in [-0.05, 0) is 57.9 Å². The van der Waals surface area contributed by atoms with Crippen molar-refractivity contribution in [1.29, 1.82) is 0 Å². The Kier molecular flexibility index (Phi) is 5.18. The van der Waals surface area contributed by atoms with Crippen molar-refractivity contribution in [3.63, 3.8) is 0 Å². The van der Waals surface area contributed by atoms with Crippen LogP contribution >= 0.6 is 0 Å². The van der Waals surface area contributed by atoms with Crippen LogP contribution in [0.1, 0.15) is 48.3 Å². The van der Waals surface area contributed by atoms with E-state index in [9.17, 15) is 0 Å². The summed E-state index contributed by atoms with van der Waals surface area (Å²) in [5, 5.41) is 3.50. The molecule has 1 aromatic heterocycles. The van der Waals surface area contributed by atoms with E-state index in [0.717, 1.165) is 30.8 Å². The minimum absolute atomic E-state index is 0.334. The number of nitrogens with one attached hydrogen (secondary N) is 1. The van der Waals surface area contributed by atoms with Crippen molar-refractivity contribution in [2.45, 2.75) is 46.6 Å². The molecule has 0 aliphatic heterocycles. The third kappa shape index (κ3) is 3.87. The highest BCUT2D eigenvalue weighted by atomic mass is 14.9. The van der Waals surface area contributed by atoms with Crippen LogP contribution in [0.3, 0.4) is 0 Å². The fourth-order valence-electron chi connectivity index (χ4n) is 2.30. The first-order chi connectivity index (χ1) is 8.06. The van der Waals surface area contributed by atoms with E-state index in [1.165, 1.54) is 11.1 Å². The van der Waals surface area contributed by atoms with E-state index in [2.05, 4.69) is 43.1 Å². The SMILES string of the molecule is C#CCCCNC(C)c1c(C)cc(C)nc1C. The summed E-state index contributed by atoms with van der Waals surface area (Å²) < 4.78 is 0. The van der Waals surface area contributed by atoms with E-state index >= 15 is 0 Å². The van der Waals surface area contributed by atoms with Crippen LogP contribution in [-0.4, -0.2) is 11.5 Å². The molecule has 92 valence electrons. The van der Waals surface area contributed by atoms with Crippen molar-refractivity contribution >= 4 is 0 Å². The zero-order valence-corrected chi connectivity index (χ0v) is 11.3. The molecule has 2 heteroatoms. The number of unbranched alkanes of at least 4 members (excludes halogenated alkanes) is 1. The molecule has 2 nitrogen and oxygen atoms in total. The van der Waals surface area contributed by atoms with Gasteiger partial charge in [0.25, 0.3) is 0 Å². The van der Waals surface area contributed by atoms with E-state index < -0.39 is 0 Å². The maximum atomic E-state index is 5.23. The second-order valence-electron chi connectivity index (χ2n) is 4.56. The average molecular weight is 230 g/mol. The summed E-state index contributed by atoms with van der Waals surface area (Å²) in [6, 6.07) is 2.47. The van der Waals surface area contributed by atoms with Crippen molar-refractivity contribution in [3.05, 3.63) is 28.6 Å². The summed E-state index contributed by atoms with van der Waals surface area (Å²) in [5.41, 5.74) is 4.84. The van der Waals surface area contributed by atoms with Crippen molar-refractivity contribution in [3.8, 4) is 12.3 Å². The Balaban J connectivity index is 2.69. The van der Waals surface area contributed by atoms with Crippen LogP contribution in [0, 0.1) is 33.1 Å². The normalized spacial score (nSPS) is 12.2. The van der Waals surface area contributed by atoms with Gasteiger partial charge in [0.15, 0.2) is 0 Å². The number of nitrogens with zero attached hydrogens (tertiary/aromatic N) is 1. The van der Waals surface area contributed by atoms with Crippen LogP contribution < -0.4 is 5.32 Å². The Morgan fingerprint density at radius 2 is 2.12 bits per heavy atom. The Hall–Kier alpha value is -1.33. The third-order valence-electron chi connectivity index (χ3n) is 2.97. The first-order valence-electron chi connectivity index (χ1n) is 6.18. The fraction of sp³-hybridized carbons (Fsp3) is 0.533. The molecule has 1 N–H and O–H groups in total. The smallest absolute Gasteiger partial charge is 0.0426 e.